The second-order valence-corrected chi connectivity index (χ2v) is 6.32. The van der Waals surface area contributed by atoms with Crippen molar-refractivity contribution in [1.82, 2.24) is 5.32 Å². The van der Waals surface area contributed by atoms with E-state index < -0.39 is 0 Å². The number of anilines is 1. The van der Waals surface area contributed by atoms with Crippen LogP contribution >= 0.6 is 0 Å². The van der Waals surface area contributed by atoms with Crippen LogP contribution in [-0.4, -0.2) is 36.7 Å². The number of carbonyl (C=O) groups excluding carboxylic acids is 2. The number of benzene rings is 1. The molecule has 1 fully saturated rings. The van der Waals surface area contributed by atoms with E-state index in [0.717, 1.165) is 12.8 Å². The summed E-state index contributed by atoms with van der Waals surface area (Å²) in [7, 11) is 0. The van der Waals surface area contributed by atoms with Crippen molar-refractivity contribution >= 4 is 17.5 Å². The first-order chi connectivity index (χ1) is 10.4. The highest BCUT2D eigenvalue weighted by atomic mass is 16.5. The van der Waals surface area contributed by atoms with Gasteiger partial charge in [-0.1, -0.05) is 0 Å². The van der Waals surface area contributed by atoms with E-state index in [1.807, 2.05) is 13.8 Å². The van der Waals surface area contributed by atoms with E-state index in [2.05, 4.69) is 10.6 Å². The molecule has 0 saturated carbocycles. The van der Waals surface area contributed by atoms with Crippen molar-refractivity contribution in [1.29, 1.82) is 0 Å². The first kappa shape index (κ1) is 14.8. The third-order valence-corrected chi connectivity index (χ3v) is 3.91. The van der Waals surface area contributed by atoms with Gasteiger partial charge in [-0.2, -0.15) is 0 Å². The van der Waals surface area contributed by atoms with Crippen LogP contribution < -0.4 is 15.4 Å². The highest BCUT2D eigenvalue weighted by molar-refractivity contribution is 5.99. The fourth-order valence-corrected chi connectivity index (χ4v) is 2.85. The molecule has 0 aromatic heterocycles. The van der Waals surface area contributed by atoms with E-state index >= 15 is 0 Å². The summed E-state index contributed by atoms with van der Waals surface area (Å²) in [5.74, 6) is 0.227. The van der Waals surface area contributed by atoms with Crippen molar-refractivity contribution in [3.05, 3.63) is 23.8 Å². The molecule has 1 aromatic carbocycles. The van der Waals surface area contributed by atoms with Crippen LogP contribution in [0.25, 0.3) is 0 Å². The summed E-state index contributed by atoms with van der Waals surface area (Å²) in [6.45, 7) is 4.70. The number of hydrogen-bond acceptors (Lipinski definition) is 4. The van der Waals surface area contributed by atoms with Gasteiger partial charge in [0.1, 0.15) is 5.75 Å². The highest BCUT2D eigenvalue weighted by Crippen LogP contribution is 2.29. The standard InChI is InChI=1S/C16H20N2O4/c1-16(2)8-11(5-6-22-16)17-15(20)10-3-4-13-12(7-10)18-14(19)9-21-13/h3-4,7,11H,5-6,8-9H2,1-2H3,(H,17,20)(H,18,19). The second-order valence-electron chi connectivity index (χ2n) is 6.32. The Labute approximate surface area is 129 Å². The largest absolute Gasteiger partial charge is 0.482 e. The minimum Gasteiger partial charge on any atom is -0.482 e. The van der Waals surface area contributed by atoms with Gasteiger partial charge in [-0.3, -0.25) is 9.59 Å². The van der Waals surface area contributed by atoms with Gasteiger partial charge in [-0.05, 0) is 44.9 Å². The summed E-state index contributed by atoms with van der Waals surface area (Å²) in [6, 6.07) is 5.15. The Morgan fingerprint density at radius 1 is 1.41 bits per heavy atom. The number of ether oxygens (including phenoxy) is 2. The molecular formula is C16H20N2O4. The number of nitrogens with one attached hydrogen (secondary N) is 2. The highest BCUT2D eigenvalue weighted by Gasteiger charge is 2.30. The molecular weight excluding hydrogens is 284 g/mol. The Balaban J connectivity index is 1.70. The smallest absolute Gasteiger partial charge is 0.262 e. The molecule has 118 valence electrons. The zero-order valence-electron chi connectivity index (χ0n) is 12.8. The van der Waals surface area contributed by atoms with Crippen LogP contribution in [0.2, 0.25) is 0 Å². The molecule has 0 radical (unpaired) electrons. The normalized spacial score (nSPS) is 23.0. The summed E-state index contributed by atoms with van der Waals surface area (Å²) < 4.78 is 10.9. The number of amides is 2. The Morgan fingerprint density at radius 3 is 3.00 bits per heavy atom. The average molecular weight is 304 g/mol. The van der Waals surface area contributed by atoms with Gasteiger partial charge in [0.2, 0.25) is 0 Å². The van der Waals surface area contributed by atoms with E-state index in [0.29, 0.717) is 23.6 Å². The predicted molar refractivity (Wildman–Crippen MR) is 81.1 cm³/mol. The third-order valence-electron chi connectivity index (χ3n) is 3.91. The SMILES string of the molecule is CC1(C)CC(NC(=O)c2ccc3c(c2)NC(=O)CO3)CCO1. The fourth-order valence-electron chi connectivity index (χ4n) is 2.85. The Bertz CT molecular complexity index is 612. The number of hydrogen-bond donors (Lipinski definition) is 2. The van der Waals surface area contributed by atoms with Crippen molar-refractivity contribution in [2.75, 3.05) is 18.5 Å². The zero-order valence-corrected chi connectivity index (χ0v) is 12.8. The van der Waals surface area contributed by atoms with E-state index in [1.54, 1.807) is 18.2 Å². The van der Waals surface area contributed by atoms with Crippen LogP contribution in [0.5, 0.6) is 5.75 Å². The van der Waals surface area contributed by atoms with Crippen LogP contribution in [0.15, 0.2) is 18.2 Å². The lowest BCUT2D eigenvalue weighted by Gasteiger charge is -2.35. The van der Waals surface area contributed by atoms with E-state index in [-0.39, 0.29) is 30.1 Å². The van der Waals surface area contributed by atoms with Crippen LogP contribution in [0.1, 0.15) is 37.0 Å². The maximum Gasteiger partial charge on any atom is 0.262 e. The third kappa shape index (κ3) is 3.22. The van der Waals surface area contributed by atoms with Gasteiger partial charge in [0.15, 0.2) is 6.61 Å². The lowest BCUT2D eigenvalue weighted by molar-refractivity contribution is -0.118. The molecule has 0 spiro atoms. The molecule has 1 aromatic rings. The molecule has 2 amide bonds. The summed E-state index contributed by atoms with van der Waals surface area (Å²) in [5.41, 5.74) is 0.832. The lowest BCUT2D eigenvalue weighted by Crippen LogP contribution is -2.45. The van der Waals surface area contributed by atoms with Crippen molar-refractivity contribution in [2.24, 2.45) is 0 Å². The summed E-state index contributed by atoms with van der Waals surface area (Å²) >= 11 is 0. The zero-order chi connectivity index (χ0) is 15.7. The van der Waals surface area contributed by atoms with Crippen LogP contribution in [0.4, 0.5) is 5.69 Å². The molecule has 1 saturated heterocycles. The average Bonchev–Trinajstić information content (AvgIpc) is 2.45. The van der Waals surface area contributed by atoms with Crippen LogP contribution in [0, 0.1) is 0 Å². The molecule has 2 heterocycles. The first-order valence-electron chi connectivity index (χ1n) is 7.44. The Kier molecular flexibility index (Phi) is 3.78. The fraction of sp³-hybridized carbons (Fsp3) is 0.500. The van der Waals surface area contributed by atoms with Crippen LogP contribution in [-0.2, 0) is 9.53 Å². The number of carbonyl (C=O) groups is 2. The molecule has 22 heavy (non-hydrogen) atoms. The summed E-state index contributed by atoms with van der Waals surface area (Å²) in [6.07, 6.45) is 1.59. The summed E-state index contributed by atoms with van der Waals surface area (Å²) in [4.78, 5) is 23.7. The summed E-state index contributed by atoms with van der Waals surface area (Å²) in [5, 5.41) is 5.74. The van der Waals surface area contributed by atoms with Gasteiger partial charge in [-0.25, -0.2) is 0 Å². The van der Waals surface area contributed by atoms with Crippen LogP contribution in [0.3, 0.4) is 0 Å². The monoisotopic (exact) mass is 304 g/mol. The van der Waals surface area contributed by atoms with Gasteiger partial charge in [0.05, 0.1) is 11.3 Å². The molecule has 2 aliphatic rings. The maximum absolute atomic E-state index is 12.4. The molecule has 1 atom stereocenters. The number of rotatable bonds is 2. The van der Waals surface area contributed by atoms with Crippen molar-refractivity contribution < 1.29 is 19.1 Å². The Morgan fingerprint density at radius 2 is 2.23 bits per heavy atom. The van der Waals surface area contributed by atoms with Gasteiger partial charge in [0, 0.05) is 18.2 Å². The molecule has 6 nitrogen and oxygen atoms in total. The molecule has 2 aliphatic heterocycles. The van der Waals surface area contributed by atoms with E-state index in [9.17, 15) is 9.59 Å². The first-order valence-corrected chi connectivity index (χ1v) is 7.44. The predicted octanol–water partition coefficient (Wildman–Crippen LogP) is 1.70. The number of fused-ring (bicyclic) bond motifs is 1. The molecule has 2 N–H and O–H groups in total. The van der Waals surface area contributed by atoms with Gasteiger partial charge in [0.25, 0.3) is 11.8 Å². The minimum atomic E-state index is -0.214. The molecule has 0 bridgehead atoms. The Hall–Kier alpha value is -2.08. The second kappa shape index (κ2) is 5.61. The molecule has 6 heteroatoms. The van der Waals surface area contributed by atoms with E-state index in [1.165, 1.54) is 0 Å². The maximum atomic E-state index is 12.4. The quantitative estimate of drug-likeness (QED) is 0.872. The van der Waals surface area contributed by atoms with Crippen molar-refractivity contribution in [3.8, 4) is 5.75 Å². The van der Waals surface area contributed by atoms with Crippen molar-refractivity contribution in [3.63, 3.8) is 0 Å². The van der Waals surface area contributed by atoms with Gasteiger partial charge in [-0.15, -0.1) is 0 Å². The topological polar surface area (TPSA) is 76.7 Å². The molecule has 1 unspecified atom stereocenters. The van der Waals surface area contributed by atoms with Gasteiger partial charge >= 0.3 is 0 Å². The lowest BCUT2D eigenvalue weighted by atomic mass is 9.93. The van der Waals surface area contributed by atoms with Gasteiger partial charge < -0.3 is 20.1 Å². The minimum absolute atomic E-state index is 0.00962. The van der Waals surface area contributed by atoms with Crippen molar-refractivity contribution in [2.45, 2.75) is 38.3 Å². The molecule has 0 aliphatic carbocycles. The van der Waals surface area contributed by atoms with E-state index in [4.69, 9.17) is 9.47 Å². The molecule has 3 rings (SSSR count).